The highest BCUT2D eigenvalue weighted by Gasteiger charge is 2.18. The molecule has 1 heterocycles. The number of benzene rings is 2. The van der Waals surface area contributed by atoms with Crippen molar-refractivity contribution >= 4 is 39.5 Å². The Kier molecular flexibility index (Phi) is 8.42. The van der Waals surface area contributed by atoms with E-state index in [0.29, 0.717) is 47.8 Å². The number of carbonyl (C=O) groups is 2. The third-order valence-corrected chi connectivity index (χ3v) is 5.61. The van der Waals surface area contributed by atoms with E-state index in [-0.39, 0.29) is 18.1 Å². The summed E-state index contributed by atoms with van der Waals surface area (Å²) < 4.78 is 11.5. The molecule has 0 saturated carbocycles. The maximum Gasteiger partial charge on any atom is 0.266 e. The van der Waals surface area contributed by atoms with Gasteiger partial charge in [-0.25, -0.2) is 0 Å². The molecular formula is C24H24BrN3O4. The first-order chi connectivity index (χ1) is 15.5. The van der Waals surface area contributed by atoms with Crippen molar-refractivity contribution in [2.75, 3.05) is 38.2 Å². The summed E-state index contributed by atoms with van der Waals surface area (Å²) >= 11 is 3.43. The molecule has 3 rings (SSSR count). The molecule has 1 N–H and O–H groups in total. The fourth-order valence-corrected chi connectivity index (χ4v) is 3.73. The zero-order valence-corrected chi connectivity index (χ0v) is 19.4. The summed E-state index contributed by atoms with van der Waals surface area (Å²) in [7, 11) is 0. The summed E-state index contributed by atoms with van der Waals surface area (Å²) in [5.74, 6) is -0.0653. The highest BCUT2D eigenvalue weighted by atomic mass is 79.9. The molecule has 1 aliphatic heterocycles. The molecule has 166 valence electrons. The zero-order valence-electron chi connectivity index (χ0n) is 17.8. The number of nitrogens with zero attached hydrogens (tertiary/aromatic N) is 2. The summed E-state index contributed by atoms with van der Waals surface area (Å²) in [5.41, 5.74) is 2.32. The molecule has 0 aromatic heterocycles. The number of nitrogens with one attached hydrogen (secondary N) is 1. The van der Waals surface area contributed by atoms with Crippen molar-refractivity contribution in [3.8, 4) is 11.8 Å². The number of aryl methyl sites for hydroxylation is 1. The number of hydrogen-bond acceptors (Lipinski definition) is 5. The second-order valence-corrected chi connectivity index (χ2v) is 7.96. The molecule has 0 atom stereocenters. The van der Waals surface area contributed by atoms with Crippen LogP contribution >= 0.6 is 15.9 Å². The van der Waals surface area contributed by atoms with Crippen LogP contribution in [0.25, 0.3) is 6.08 Å². The highest BCUT2D eigenvalue weighted by Crippen LogP contribution is 2.27. The average molecular weight is 498 g/mol. The van der Waals surface area contributed by atoms with Gasteiger partial charge in [0, 0.05) is 18.8 Å². The molecule has 0 aliphatic carbocycles. The smallest absolute Gasteiger partial charge is 0.266 e. The standard InChI is InChI=1S/C24H24BrN3O4/c1-2-18-5-3-4-6-21(18)27-24(30)19(15-26)13-17-7-8-22(20(25)14-17)32-16-23(29)28-9-11-31-12-10-28/h3-8,13-14H,2,9-12,16H2,1H3,(H,27,30)/b19-13-. The lowest BCUT2D eigenvalue weighted by Crippen LogP contribution is -2.43. The topological polar surface area (TPSA) is 91.7 Å². The van der Waals surface area contributed by atoms with E-state index in [1.54, 1.807) is 23.1 Å². The number of anilines is 1. The first kappa shape index (κ1) is 23.5. The number of ether oxygens (including phenoxy) is 2. The Bertz CT molecular complexity index is 1060. The summed E-state index contributed by atoms with van der Waals surface area (Å²) in [6.07, 6.45) is 2.28. The van der Waals surface area contributed by atoms with Gasteiger partial charge in [0.1, 0.15) is 17.4 Å². The third-order valence-electron chi connectivity index (χ3n) is 4.99. The van der Waals surface area contributed by atoms with Crippen molar-refractivity contribution in [1.29, 1.82) is 5.26 Å². The lowest BCUT2D eigenvalue weighted by molar-refractivity contribution is -0.137. The maximum atomic E-state index is 12.6. The Morgan fingerprint density at radius 3 is 2.69 bits per heavy atom. The van der Waals surface area contributed by atoms with Crippen LogP contribution in [0, 0.1) is 11.3 Å². The van der Waals surface area contributed by atoms with Crippen molar-refractivity contribution in [1.82, 2.24) is 4.90 Å². The van der Waals surface area contributed by atoms with Gasteiger partial charge in [0.2, 0.25) is 0 Å². The first-order valence-corrected chi connectivity index (χ1v) is 11.1. The average Bonchev–Trinajstić information content (AvgIpc) is 2.82. The van der Waals surface area contributed by atoms with E-state index >= 15 is 0 Å². The predicted octanol–water partition coefficient (Wildman–Crippen LogP) is 3.79. The van der Waals surface area contributed by atoms with Crippen molar-refractivity contribution in [3.63, 3.8) is 0 Å². The Morgan fingerprint density at radius 2 is 2.00 bits per heavy atom. The van der Waals surface area contributed by atoms with Crippen LogP contribution in [0.5, 0.6) is 5.75 Å². The van der Waals surface area contributed by atoms with Crippen LogP contribution in [-0.2, 0) is 20.7 Å². The number of amides is 2. The lowest BCUT2D eigenvalue weighted by atomic mass is 10.1. The normalized spacial score (nSPS) is 13.9. The monoisotopic (exact) mass is 497 g/mol. The van der Waals surface area contributed by atoms with Gasteiger partial charge >= 0.3 is 0 Å². The summed E-state index contributed by atoms with van der Waals surface area (Å²) in [6.45, 7) is 4.13. The molecule has 0 spiro atoms. The van der Waals surface area contributed by atoms with E-state index in [0.717, 1.165) is 12.0 Å². The maximum absolute atomic E-state index is 12.6. The van der Waals surface area contributed by atoms with Gasteiger partial charge in [0.25, 0.3) is 11.8 Å². The number of nitriles is 1. The van der Waals surface area contributed by atoms with Gasteiger partial charge in [0.15, 0.2) is 6.61 Å². The molecule has 0 radical (unpaired) electrons. The van der Waals surface area contributed by atoms with Crippen LogP contribution in [0.1, 0.15) is 18.1 Å². The molecule has 1 aliphatic rings. The van der Waals surface area contributed by atoms with E-state index in [9.17, 15) is 14.9 Å². The number of morpholine rings is 1. The third kappa shape index (κ3) is 6.19. The molecule has 8 heteroatoms. The van der Waals surface area contributed by atoms with Crippen molar-refractivity contribution in [2.24, 2.45) is 0 Å². The van der Waals surface area contributed by atoms with E-state index in [4.69, 9.17) is 9.47 Å². The van der Waals surface area contributed by atoms with E-state index in [1.165, 1.54) is 6.08 Å². The molecule has 2 aromatic rings. The zero-order chi connectivity index (χ0) is 22.9. The minimum atomic E-state index is -0.471. The number of carbonyl (C=O) groups excluding carboxylic acids is 2. The van der Waals surface area contributed by atoms with Crippen LogP contribution in [0.15, 0.2) is 52.5 Å². The van der Waals surface area contributed by atoms with E-state index in [2.05, 4.69) is 21.2 Å². The summed E-state index contributed by atoms with van der Waals surface area (Å²) in [6, 6.07) is 14.6. The minimum Gasteiger partial charge on any atom is -0.483 e. The quantitative estimate of drug-likeness (QED) is 0.463. The molecule has 32 heavy (non-hydrogen) atoms. The number of halogens is 1. The largest absolute Gasteiger partial charge is 0.483 e. The molecule has 1 fully saturated rings. The van der Waals surface area contributed by atoms with Gasteiger partial charge < -0.3 is 19.7 Å². The van der Waals surface area contributed by atoms with Gasteiger partial charge in [-0.2, -0.15) is 5.26 Å². The number of rotatable bonds is 7. The molecule has 2 amide bonds. The van der Waals surface area contributed by atoms with Crippen LogP contribution in [0.3, 0.4) is 0 Å². The molecule has 0 bridgehead atoms. The highest BCUT2D eigenvalue weighted by molar-refractivity contribution is 9.10. The predicted molar refractivity (Wildman–Crippen MR) is 125 cm³/mol. The fraction of sp³-hybridized carbons (Fsp3) is 0.292. The van der Waals surface area contributed by atoms with Crippen LogP contribution < -0.4 is 10.1 Å². The fourth-order valence-electron chi connectivity index (χ4n) is 3.22. The Balaban J connectivity index is 1.66. The first-order valence-electron chi connectivity index (χ1n) is 10.3. The molecule has 2 aromatic carbocycles. The van der Waals surface area contributed by atoms with Crippen molar-refractivity contribution < 1.29 is 19.1 Å². The van der Waals surface area contributed by atoms with Crippen molar-refractivity contribution in [3.05, 3.63) is 63.6 Å². The summed E-state index contributed by atoms with van der Waals surface area (Å²) in [4.78, 5) is 26.6. The SMILES string of the molecule is CCc1ccccc1NC(=O)/C(C#N)=C\c1ccc(OCC(=O)N2CCOCC2)c(Br)c1. The molecular weight excluding hydrogens is 474 g/mol. The molecule has 0 unspecified atom stereocenters. The second-order valence-electron chi connectivity index (χ2n) is 7.11. The van der Waals surface area contributed by atoms with Crippen molar-refractivity contribution in [2.45, 2.75) is 13.3 Å². The molecule has 1 saturated heterocycles. The minimum absolute atomic E-state index is 0.0148. The Hall–Kier alpha value is -3.15. The lowest BCUT2D eigenvalue weighted by Gasteiger charge is -2.26. The Morgan fingerprint density at radius 1 is 1.25 bits per heavy atom. The van der Waals surface area contributed by atoms with E-state index in [1.807, 2.05) is 37.3 Å². The van der Waals surface area contributed by atoms with Crippen LogP contribution in [-0.4, -0.2) is 49.6 Å². The number of hydrogen-bond donors (Lipinski definition) is 1. The number of para-hydroxylation sites is 1. The second kappa shape index (κ2) is 11.5. The van der Waals surface area contributed by atoms with Gasteiger partial charge in [-0.15, -0.1) is 0 Å². The Labute approximate surface area is 195 Å². The summed E-state index contributed by atoms with van der Waals surface area (Å²) in [5, 5.41) is 12.3. The molecule has 7 nitrogen and oxygen atoms in total. The van der Waals surface area contributed by atoms with E-state index < -0.39 is 5.91 Å². The van der Waals surface area contributed by atoms with Gasteiger partial charge in [0.05, 0.1) is 17.7 Å². The van der Waals surface area contributed by atoms with Gasteiger partial charge in [-0.05, 0) is 57.8 Å². The van der Waals surface area contributed by atoms with Gasteiger partial charge in [-0.3, -0.25) is 9.59 Å². The van der Waals surface area contributed by atoms with Crippen LogP contribution in [0.4, 0.5) is 5.69 Å². The van der Waals surface area contributed by atoms with Gasteiger partial charge in [-0.1, -0.05) is 31.2 Å². The van der Waals surface area contributed by atoms with Crippen LogP contribution in [0.2, 0.25) is 0 Å².